The molecule has 25 heavy (non-hydrogen) atoms. The van der Waals surface area contributed by atoms with Crippen LogP contribution in [0.2, 0.25) is 0 Å². The molecular weight excluding hydrogens is 358 g/mol. The van der Waals surface area contributed by atoms with E-state index < -0.39 is 11.2 Å². The van der Waals surface area contributed by atoms with Gasteiger partial charge in [0.2, 0.25) is 11.1 Å². The zero-order chi connectivity index (χ0) is 17.8. The number of anilines is 1. The number of carbonyl (C=O) groups is 2. The third-order valence-corrected chi connectivity index (χ3v) is 5.11. The lowest BCUT2D eigenvalue weighted by Gasteiger charge is -2.09. The monoisotopic (exact) mass is 373 g/mol. The van der Waals surface area contributed by atoms with Crippen LogP contribution in [0.15, 0.2) is 53.3 Å². The fourth-order valence-corrected chi connectivity index (χ4v) is 3.55. The van der Waals surface area contributed by atoms with Crippen molar-refractivity contribution in [3.05, 3.63) is 53.7 Å². The first-order valence-corrected chi connectivity index (χ1v) is 9.12. The maximum absolute atomic E-state index is 12.3. The van der Waals surface area contributed by atoms with Crippen LogP contribution in [0.5, 0.6) is 0 Å². The van der Waals surface area contributed by atoms with Gasteiger partial charge in [0.1, 0.15) is 11.3 Å². The second kappa shape index (κ2) is 7.49. The van der Waals surface area contributed by atoms with Crippen molar-refractivity contribution in [3.8, 4) is 5.69 Å². The molecule has 0 radical (unpaired) electrons. The third kappa shape index (κ3) is 4.06. The van der Waals surface area contributed by atoms with Crippen LogP contribution in [0, 0.1) is 0 Å². The summed E-state index contributed by atoms with van der Waals surface area (Å²) in [6.07, 6.45) is 1.60. The minimum atomic E-state index is -0.569. The average molecular weight is 373 g/mol. The first-order chi connectivity index (χ1) is 12.0. The Morgan fingerprint density at radius 2 is 2.04 bits per heavy atom. The normalized spacial score (nSPS) is 11.9. The smallest absolute Gasteiger partial charge is 0.251 e. The molecule has 0 spiro atoms. The van der Waals surface area contributed by atoms with Crippen LogP contribution in [0.25, 0.3) is 5.69 Å². The maximum Gasteiger partial charge on any atom is 0.251 e. The number of aromatic nitrogens is 3. The summed E-state index contributed by atoms with van der Waals surface area (Å²) in [6.45, 7) is 1.75. The lowest BCUT2D eigenvalue weighted by atomic mass is 10.3. The molecule has 2 aromatic heterocycles. The predicted molar refractivity (Wildman–Crippen MR) is 98.1 cm³/mol. The number of hydrogen-bond donors (Lipinski definition) is 2. The van der Waals surface area contributed by atoms with Crippen LogP contribution < -0.4 is 11.1 Å². The SMILES string of the molecule is CC(Sc1ncn(-c2ccccc2)n1)C(=O)Nc1sccc1C(N)=O. The number of carbonyl (C=O) groups excluding carboxylic acids is 2. The van der Waals surface area contributed by atoms with Crippen molar-refractivity contribution < 1.29 is 9.59 Å². The van der Waals surface area contributed by atoms with Crippen molar-refractivity contribution in [3.63, 3.8) is 0 Å². The first kappa shape index (κ1) is 17.2. The molecule has 128 valence electrons. The van der Waals surface area contributed by atoms with Gasteiger partial charge >= 0.3 is 0 Å². The lowest BCUT2D eigenvalue weighted by molar-refractivity contribution is -0.115. The Kier molecular flexibility index (Phi) is 5.15. The van der Waals surface area contributed by atoms with Gasteiger partial charge in [-0.05, 0) is 30.5 Å². The fourth-order valence-electron chi connectivity index (χ4n) is 2.03. The molecular formula is C16H15N5O2S2. The quantitative estimate of drug-likeness (QED) is 0.646. The van der Waals surface area contributed by atoms with Gasteiger partial charge in [-0.2, -0.15) is 0 Å². The molecule has 2 heterocycles. The van der Waals surface area contributed by atoms with E-state index in [9.17, 15) is 9.59 Å². The molecule has 1 unspecified atom stereocenters. The van der Waals surface area contributed by atoms with Gasteiger partial charge in [0.15, 0.2) is 0 Å². The zero-order valence-electron chi connectivity index (χ0n) is 13.2. The van der Waals surface area contributed by atoms with Crippen LogP contribution in [0.1, 0.15) is 17.3 Å². The van der Waals surface area contributed by atoms with E-state index in [4.69, 9.17) is 5.73 Å². The number of benzene rings is 1. The minimum absolute atomic E-state index is 0.244. The Morgan fingerprint density at radius 3 is 2.76 bits per heavy atom. The number of amides is 2. The van der Waals surface area contributed by atoms with Gasteiger partial charge in [0, 0.05) is 0 Å². The van der Waals surface area contributed by atoms with Crippen LogP contribution in [0.4, 0.5) is 5.00 Å². The summed E-state index contributed by atoms with van der Waals surface area (Å²) in [5.41, 5.74) is 6.48. The number of nitrogens with zero attached hydrogens (tertiary/aromatic N) is 3. The highest BCUT2D eigenvalue weighted by Gasteiger charge is 2.20. The Morgan fingerprint density at radius 1 is 1.28 bits per heavy atom. The van der Waals surface area contributed by atoms with Crippen LogP contribution in [0.3, 0.4) is 0 Å². The van der Waals surface area contributed by atoms with Crippen LogP contribution >= 0.6 is 23.1 Å². The molecule has 0 aliphatic carbocycles. The number of primary amides is 1. The molecule has 3 N–H and O–H groups in total. The highest BCUT2D eigenvalue weighted by atomic mass is 32.2. The molecule has 0 bridgehead atoms. The molecule has 9 heteroatoms. The van der Waals surface area contributed by atoms with Crippen molar-refractivity contribution in [2.75, 3.05) is 5.32 Å². The molecule has 0 saturated heterocycles. The number of thiophene rings is 1. The van der Waals surface area contributed by atoms with Crippen molar-refractivity contribution in [2.45, 2.75) is 17.3 Å². The topological polar surface area (TPSA) is 103 Å². The summed E-state index contributed by atoms with van der Waals surface area (Å²) < 4.78 is 1.65. The fraction of sp³-hybridized carbons (Fsp3) is 0.125. The van der Waals surface area contributed by atoms with Gasteiger partial charge in [-0.1, -0.05) is 30.0 Å². The molecule has 0 aliphatic rings. The summed E-state index contributed by atoms with van der Waals surface area (Å²) in [5.74, 6) is -0.814. The van der Waals surface area contributed by atoms with E-state index in [2.05, 4.69) is 15.4 Å². The van der Waals surface area contributed by atoms with E-state index in [-0.39, 0.29) is 5.91 Å². The van der Waals surface area contributed by atoms with Gasteiger partial charge in [-0.15, -0.1) is 16.4 Å². The summed E-state index contributed by atoms with van der Waals surface area (Å²) in [7, 11) is 0. The second-order valence-corrected chi connectivity index (χ2v) is 7.31. The number of hydrogen-bond acceptors (Lipinski definition) is 6. The second-order valence-electron chi connectivity index (χ2n) is 5.08. The van der Waals surface area contributed by atoms with E-state index in [1.807, 2.05) is 30.3 Å². The van der Waals surface area contributed by atoms with Gasteiger partial charge in [0.05, 0.1) is 16.5 Å². The lowest BCUT2D eigenvalue weighted by Crippen LogP contribution is -2.23. The van der Waals surface area contributed by atoms with Crippen molar-refractivity contribution in [1.29, 1.82) is 0 Å². The van der Waals surface area contributed by atoms with Crippen molar-refractivity contribution >= 4 is 39.9 Å². The molecule has 0 fully saturated rings. The predicted octanol–water partition coefficient (Wildman–Crippen LogP) is 2.55. The highest BCUT2D eigenvalue weighted by Crippen LogP contribution is 2.25. The Bertz CT molecular complexity index is 891. The van der Waals surface area contributed by atoms with Crippen LogP contribution in [-0.2, 0) is 4.79 Å². The van der Waals surface area contributed by atoms with Gasteiger partial charge in [-0.25, -0.2) is 9.67 Å². The number of nitrogens with two attached hydrogens (primary N) is 1. The molecule has 2 amide bonds. The van der Waals surface area contributed by atoms with E-state index in [0.717, 1.165) is 5.69 Å². The molecule has 3 rings (SSSR count). The number of nitrogens with one attached hydrogen (secondary N) is 1. The Hall–Kier alpha value is -2.65. The van der Waals surface area contributed by atoms with Gasteiger partial charge in [0.25, 0.3) is 5.91 Å². The molecule has 3 aromatic rings. The van der Waals surface area contributed by atoms with Crippen LogP contribution in [-0.4, -0.2) is 31.8 Å². The molecule has 0 aliphatic heterocycles. The van der Waals surface area contributed by atoms with E-state index in [1.54, 1.807) is 29.4 Å². The van der Waals surface area contributed by atoms with E-state index in [1.165, 1.54) is 23.1 Å². The molecule has 0 saturated carbocycles. The van der Waals surface area contributed by atoms with E-state index >= 15 is 0 Å². The van der Waals surface area contributed by atoms with Gasteiger partial charge < -0.3 is 11.1 Å². The summed E-state index contributed by atoms with van der Waals surface area (Å²) >= 11 is 2.49. The Balaban J connectivity index is 1.65. The maximum atomic E-state index is 12.3. The summed E-state index contributed by atoms with van der Waals surface area (Å²) in [6, 6.07) is 11.2. The molecule has 1 atom stereocenters. The summed E-state index contributed by atoms with van der Waals surface area (Å²) in [4.78, 5) is 27.9. The third-order valence-electron chi connectivity index (χ3n) is 3.31. The number of rotatable bonds is 6. The van der Waals surface area contributed by atoms with E-state index in [0.29, 0.717) is 15.7 Å². The standard InChI is InChI=1S/C16H15N5O2S2/c1-10(14(23)19-15-12(13(17)22)7-8-24-15)25-16-18-9-21(20-16)11-5-3-2-4-6-11/h2-10H,1H3,(H2,17,22)(H,19,23). The van der Waals surface area contributed by atoms with Gasteiger partial charge in [-0.3, -0.25) is 9.59 Å². The largest absolute Gasteiger partial charge is 0.366 e. The highest BCUT2D eigenvalue weighted by molar-refractivity contribution is 8.00. The molecule has 7 nitrogen and oxygen atoms in total. The van der Waals surface area contributed by atoms with Crippen molar-refractivity contribution in [2.24, 2.45) is 5.73 Å². The zero-order valence-corrected chi connectivity index (χ0v) is 14.9. The Labute approximate surface area is 152 Å². The first-order valence-electron chi connectivity index (χ1n) is 7.36. The average Bonchev–Trinajstić information content (AvgIpc) is 3.25. The number of para-hydroxylation sites is 1. The summed E-state index contributed by atoms with van der Waals surface area (Å²) in [5, 5.41) is 9.30. The minimum Gasteiger partial charge on any atom is -0.366 e. The number of thioether (sulfide) groups is 1. The van der Waals surface area contributed by atoms with Crippen molar-refractivity contribution in [1.82, 2.24) is 14.8 Å². The molecule has 1 aromatic carbocycles.